The summed E-state index contributed by atoms with van der Waals surface area (Å²) in [6.07, 6.45) is 1.60. The second-order valence-electron chi connectivity index (χ2n) is 6.81. The fourth-order valence-corrected chi connectivity index (χ4v) is 3.62. The normalized spacial score (nSPS) is 16.4. The lowest BCUT2D eigenvalue weighted by Gasteiger charge is -2.28. The SMILES string of the molecule is CN1CCC(c2nn(-c3c(F)c(F)c(F)c(F)c3F)c3ccccc23)CC1. The average Bonchev–Trinajstić information content (AvgIpc) is 3.05. The van der Waals surface area contributed by atoms with E-state index in [4.69, 9.17) is 0 Å². The van der Waals surface area contributed by atoms with E-state index in [1.165, 1.54) is 0 Å². The molecule has 0 saturated carbocycles. The summed E-state index contributed by atoms with van der Waals surface area (Å²) in [5.41, 5.74) is -0.140. The highest BCUT2D eigenvalue weighted by Gasteiger charge is 2.30. The number of aromatic nitrogens is 2. The van der Waals surface area contributed by atoms with Gasteiger partial charge in [-0.1, -0.05) is 18.2 Å². The predicted molar refractivity (Wildman–Crippen MR) is 90.3 cm³/mol. The van der Waals surface area contributed by atoms with Gasteiger partial charge in [-0.2, -0.15) is 5.10 Å². The molecule has 2 aromatic carbocycles. The molecule has 0 bridgehead atoms. The maximum absolute atomic E-state index is 14.3. The largest absolute Gasteiger partial charge is 0.306 e. The molecule has 1 aliphatic rings. The van der Waals surface area contributed by atoms with Crippen LogP contribution in [-0.2, 0) is 0 Å². The summed E-state index contributed by atoms with van der Waals surface area (Å²) in [5.74, 6) is -9.88. The van der Waals surface area contributed by atoms with Crippen LogP contribution in [0, 0.1) is 29.1 Å². The number of piperidine rings is 1. The van der Waals surface area contributed by atoms with E-state index in [9.17, 15) is 22.0 Å². The smallest absolute Gasteiger partial charge is 0.200 e. The van der Waals surface area contributed by atoms with Crippen molar-refractivity contribution in [1.82, 2.24) is 14.7 Å². The predicted octanol–water partition coefficient (Wildman–Crippen LogP) is 4.53. The standard InChI is InChI=1S/C19H16F5N3/c1-26-8-6-10(7-9-26)18-11-4-2-3-5-12(11)27(25-18)19-16(23)14(21)13(20)15(22)17(19)24/h2-5,10H,6-9H2,1H3. The second-order valence-corrected chi connectivity index (χ2v) is 6.81. The maximum atomic E-state index is 14.3. The van der Waals surface area contributed by atoms with Gasteiger partial charge in [0, 0.05) is 11.3 Å². The molecule has 0 spiro atoms. The summed E-state index contributed by atoms with van der Waals surface area (Å²) in [4.78, 5) is 2.17. The van der Waals surface area contributed by atoms with Crippen LogP contribution in [0.3, 0.4) is 0 Å². The van der Waals surface area contributed by atoms with Crippen molar-refractivity contribution in [1.29, 1.82) is 0 Å². The van der Waals surface area contributed by atoms with Crippen molar-refractivity contribution < 1.29 is 22.0 Å². The fraction of sp³-hybridized carbons (Fsp3) is 0.316. The highest BCUT2D eigenvalue weighted by molar-refractivity contribution is 5.84. The Morgan fingerprint density at radius 2 is 1.41 bits per heavy atom. The van der Waals surface area contributed by atoms with Gasteiger partial charge in [0.15, 0.2) is 23.3 Å². The third-order valence-corrected chi connectivity index (χ3v) is 5.12. The first-order valence-electron chi connectivity index (χ1n) is 8.58. The molecule has 1 aromatic heterocycles. The highest BCUT2D eigenvalue weighted by Crippen LogP contribution is 2.35. The van der Waals surface area contributed by atoms with Crippen LogP contribution in [0.2, 0.25) is 0 Å². The Labute approximate surface area is 152 Å². The van der Waals surface area contributed by atoms with Crippen LogP contribution < -0.4 is 0 Å². The molecule has 0 N–H and O–H groups in total. The van der Waals surface area contributed by atoms with Gasteiger partial charge in [0.2, 0.25) is 5.82 Å². The molecule has 0 unspecified atom stereocenters. The molecule has 4 rings (SSSR count). The lowest BCUT2D eigenvalue weighted by molar-refractivity contribution is 0.253. The molecule has 0 amide bonds. The molecule has 0 radical (unpaired) electrons. The van der Waals surface area contributed by atoms with Crippen LogP contribution in [0.4, 0.5) is 22.0 Å². The summed E-state index contributed by atoms with van der Waals surface area (Å²) >= 11 is 0. The van der Waals surface area contributed by atoms with Crippen LogP contribution in [0.5, 0.6) is 0 Å². The molecule has 1 fully saturated rings. The summed E-state index contributed by atoms with van der Waals surface area (Å²) in [7, 11) is 2.00. The van der Waals surface area contributed by atoms with Gasteiger partial charge in [-0.15, -0.1) is 0 Å². The molecule has 1 aliphatic heterocycles. The minimum absolute atomic E-state index is 0.0496. The minimum Gasteiger partial charge on any atom is -0.306 e. The van der Waals surface area contributed by atoms with Crippen molar-refractivity contribution in [2.75, 3.05) is 20.1 Å². The Kier molecular flexibility index (Phi) is 4.38. The summed E-state index contributed by atoms with van der Waals surface area (Å²) in [6, 6.07) is 6.69. The Balaban J connectivity index is 1.95. The average molecular weight is 381 g/mol. The highest BCUT2D eigenvalue weighted by atomic mass is 19.2. The van der Waals surface area contributed by atoms with Gasteiger partial charge in [0.05, 0.1) is 11.2 Å². The van der Waals surface area contributed by atoms with E-state index < -0.39 is 34.8 Å². The number of para-hydroxylation sites is 1. The first-order valence-corrected chi connectivity index (χ1v) is 8.58. The lowest BCUT2D eigenvalue weighted by Crippen LogP contribution is -2.29. The van der Waals surface area contributed by atoms with Gasteiger partial charge in [0.25, 0.3) is 0 Å². The fourth-order valence-electron chi connectivity index (χ4n) is 3.62. The molecule has 8 heteroatoms. The zero-order valence-corrected chi connectivity index (χ0v) is 14.4. The molecule has 3 aromatic rings. The Morgan fingerprint density at radius 3 is 2.04 bits per heavy atom. The second kappa shape index (κ2) is 6.60. The van der Waals surface area contributed by atoms with E-state index in [2.05, 4.69) is 10.00 Å². The number of hydrogen-bond donors (Lipinski definition) is 0. The van der Waals surface area contributed by atoms with E-state index >= 15 is 0 Å². The van der Waals surface area contributed by atoms with Gasteiger partial charge in [-0.3, -0.25) is 0 Å². The quantitative estimate of drug-likeness (QED) is 0.370. The number of likely N-dealkylation sites (tertiary alicyclic amines) is 1. The van der Waals surface area contributed by atoms with E-state index in [0.29, 0.717) is 16.6 Å². The van der Waals surface area contributed by atoms with Crippen molar-refractivity contribution in [3.63, 3.8) is 0 Å². The zero-order chi connectivity index (χ0) is 19.3. The van der Waals surface area contributed by atoms with Gasteiger partial charge in [0.1, 0.15) is 5.69 Å². The monoisotopic (exact) mass is 381 g/mol. The molecule has 0 atom stereocenters. The van der Waals surface area contributed by atoms with Crippen LogP contribution in [0.15, 0.2) is 24.3 Å². The van der Waals surface area contributed by atoms with E-state index in [1.807, 2.05) is 7.05 Å². The third kappa shape index (κ3) is 2.79. The number of nitrogens with zero attached hydrogens (tertiary/aromatic N) is 3. The van der Waals surface area contributed by atoms with Gasteiger partial charge in [-0.25, -0.2) is 26.6 Å². The van der Waals surface area contributed by atoms with Crippen LogP contribution >= 0.6 is 0 Å². The van der Waals surface area contributed by atoms with Crippen LogP contribution in [0.25, 0.3) is 16.6 Å². The van der Waals surface area contributed by atoms with Crippen molar-refractivity contribution in [3.8, 4) is 5.69 Å². The van der Waals surface area contributed by atoms with E-state index in [1.54, 1.807) is 24.3 Å². The van der Waals surface area contributed by atoms with Gasteiger partial charge < -0.3 is 4.90 Å². The minimum atomic E-state index is -2.18. The number of rotatable bonds is 2. The van der Waals surface area contributed by atoms with Gasteiger partial charge in [-0.05, 0) is 39.0 Å². The molecule has 0 aliphatic carbocycles. The molecule has 2 heterocycles. The number of halogens is 5. The lowest BCUT2D eigenvalue weighted by atomic mass is 9.92. The van der Waals surface area contributed by atoms with Crippen molar-refractivity contribution in [3.05, 3.63) is 59.0 Å². The first kappa shape index (κ1) is 17.9. The first-order chi connectivity index (χ1) is 12.9. The number of fused-ring (bicyclic) bond motifs is 1. The molecule has 27 heavy (non-hydrogen) atoms. The summed E-state index contributed by atoms with van der Waals surface area (Å²) in [6.45, 7) is 1.68. The Hall–Kier alpha value is -2.48. The Bertz CT molecular complexity index is 993. The molecule has 142 valence electrons. The summed E-state index contributed by atoms with van der Waals surface area (Å²) < 4.78 is 70.3. The summed E-state index contributed by atoms with van der Waals surface area (Å²) in [5, 5.41) is 4.95. The van der Waals surface area contributed by atoms with Crippen LogP contribution in [0.1, 0.15) is 24.5 Å². The van der Waals surface area contributed by atoms with E-state index in [0.717, 1.165) is 30.6 Å². The van der Waals surface area contributed by atoms with Crippen molar-refractivity contribution in [2.24, 2.45) is 0 Å². The van der Waals surface area contributed by atoms with Gasteiger partial charge >= 0.3 is 0 Å². The Morgan fingerprint density at radius 1 is 0.852 bits per heavy atom. The van der Waals surface area contributed by atoms with Crippen molar-refractivity contribution in [2.45, 2.75) is 18.8 Å². The zero-order valence-electron chi connectivity index (χ0n) is 14.4. The number of hydrogen-bond acceptors (Lipinski definition) is 2. The molecular weight excluding hydrogens is 365 g/mol. The van der Waals surface area contributed by atoms with Crippen molar-refractivity contribution >= 4 is 10.9 Å². The third-order valence-electron chi connectivity index (χ3n) is 5.12. The topological polar surface area (TPSA) is 21.1 Å². The molecule has 1 saturated heterocycles. The van der Waals surface area contributed by atoms with Crippen LogP contribution in [-0.4, -0.2) is 34.8 Å². The molecular formula is C19H16F5N3. The maximum Gasteiger partial charge on any atom is 0.200 e. The number of benzene rings is 2. The van der Waals surface area contributed by atoms with E-state index in [-0.39, 0.29) is 5.92 Å². The molecule has 3 nitrogen and oxygen atoms in total.